The summed E-state index contributed by atoms with van der Waals surface area (Å²) in [7, 11) is 0. The molecule has 2 atom stereocenters. The fourth-order valence-corrected chi connectivity index (χ4v) is 3.52. The summed E-state index contributed by atoms with van der Waals surface area (Å²) in [5, 5.41) is 2.65. The van der Waals surface area contributed by atoms with E-state index in [1.807, 2.05) is 13.0 Å². The Labute approximate surface area is 135 Å². The van der Waals surface area contributed by atoms with Crippen molar-refractivity contribution in [2.75, 3.05) is 0 Å². The summed E-state index contributed by atoms with van der Waals surface area (Å²) in [4.78, 5) is 15.8. The topological polar surface area (TPSA) is 41.5 Å². The molecule has 1 amide bonds. The predicted molar refractivity (Wildman–Crippen MR) is 82.2 cm³/mol. The molecule has 0 aliphatic carbocycles. The molecule has 0 bridgehead atoms. The Kier molecular flexibility index (Phi) is 4.50. The van der Waals surface area contributed by atoms with E-state index >= 15 is 0 Å². The van der Waals surface area contributed by atoms with Gasteiger partial charge < -0.3 is 5.32 Å². The Balaban J connectivity index is 2.31. The third-order valence-electron chi connectivity index (χ3n) is 3.50. The van der Waals surface area contributed by atoms with Crippen LogP contribution in [0.5, 0.6) is 0 Å². The van der Waals surface area contributed by atoms with Crippen molar-refractivity contribution in [1.29, 1.82) is 0 Å². The van der Waals surface area contributed by atoms with Crippen LogP contribution in [-0.2, 0) is 4.79 Å². The van der Waals surface area contributed by atoms with Crippen molar-refractivity contribution in [1.82, 2.24) is 5.32 Å². The van der Waals surface area contributed by atoms with Crippen molar-refractivity contribution in [3.05, 3.63) is 34.3 Å². The first-order chi connectivity index (χ1) is 10.1. The molecule has 1 unspecified atom stereocenters. The highest BCUT2D eigenvalue weighted by Crippen LogP contribution is 2.45. The summed E-state index contributed by atoms with van der Waals surface area (Å²) < 4.78 is 36.5. The fraction of sp³-hybridized carbons (Fsp3) is 0.429. The van der Waals surface area contributed by atoms with Crippen LogP contribution in [0.25, 0.3) is 0 Å². The predicted octanol–water partition coefficient (Wildman–Crippen LogP) is 4.25. The van der Waals surface area contributed by atoms with Crippen molar-refractivity contribution in [3.63, 3.8) is 0 Å². The summed E-state index contributed by atoms with van der Waals surface area (Å²) in [6, 6.07) is 4.86. The monoisotopic (exact) mass is 350 g/mol. The van der Waals surface area contributed by atoms with Gasteiger partial charge in [-0.15, -0.1) is 0 Å². The number of thioether (sulfide) groups is 1. The summed E-state index contributed by atoms with van der Waals surface area (Å²) in [5.41, 5.74) is 1.62. The average Bonchev–Trinajstić information content (AvgIpc) is 2.64. The first-order valence-corrected chi connectivity index (χ1v) is 7.65. The normalized spacial score (nSPS) is 25.4. The lowest BCUT2D eigenvalue weighted by Crippen LogP contribution is -2.46. The van der Waals surface area contributed by atoms with Gasteiger partial charge >= 0.3 is 6.18 Å². The number of amidine groups is 1. The number of hydrogen-bond acceptors (Lipinski definition) is 3. The van der Waals surface area contributed by atoms with Crippen LogP contribution in [0.3, 0.4) is 0 Å². The van der Waals surface area contributed by atoms with E-state index in [2.05, 4.69) is 10.3 Å². The van der Waals surface area contributed by atoms with Crippen molar-refractivity contribution in [2.45, 2.75) is 37.7 Å². The van der Waals surface area contributed by atoms with Crippen LogP contribution in [0.4, 0.5) is 13.2 Å². The molecule has 1 N–H and O–H groups in total. The van der Waals surface area contributed by atoms with Crippen LogP contribution in [-0.4, -0.2) is 22.0 Å². The number of carbonyl (C=O) groups is 1. The Bertz CT molecular complexity index is 627. The van der Waals surface area contributed by atoms with Crippen LogP contribution in [0.15, 0.2) is 23.2 Å². The Morgan fingerprint density at radius 1 is 1.41 bits per heavy atom. The molecule has 120 valence electrons. The number of rotatable bonds is 2. The molecule has 0 spiro atoms. The van der Waals surface area contributed by atoms with Crippen molar-refractivity contribution >= 4 is 34.4 Å². The fourth-order valence-electron chi connectivity index (χ4n) is 2.14. The van der Waals surface area contributed by atoms with Gasteiger partial charge in [0.2, 0.25) is 0 Å². The van der Waals surface area contributed by atoms with E-state index in [0.717, 1.165) is 18.1 Å². The van der Waals surface area contributed by atoms with Gasteiger partial charge in [-0.25, -0.2) is 0 Å². The smallest absolute Gasteiger partial charge is 0.304 e. The van der Waals surface area contributed by atoms with Crippen LogP contribution < -0.4 is 5.32 Å². The van der Waals surface area contributed by atoms with Gasteiger partial charge in [0.05, 0.1) is 6.04 Å². The van der Waals surface area contributed by atoms with Crippen LogP contribution in [0, 0.1) is 6.92 Å². The number of nitrogens with zero attached hydrogens (tertiary/aromatic N) is 1. The Morgan fingerprint density at radius 2 is 2.05 bits per heavy atom. The number of benzene rings is 1. The third kappa shape index (κ3) is 2.96. The van der Waals surface area contributed by atoms with Crippen molar-refractivity contribution in [2.24, 2.45) is 4.99 Å². The van der Waals surface area contributed by atoms with Crippen LogP contribution in [0.1, 0.15) is 31.0 Å². The maximum atomic E-state index is 13.0. The molecular formula is C14H14ClF3N2OS. The van der Waals surface area contributed by atoms with Crippen molar-refractivity contribution in [3.8, 4) is 0 Å². The zero-order valence-corrected chi connectivity index (χ0v) is 13.7. The number of carbonyl (C=O) groups excluding carboxylic acids is 1. The van der Waals surface area contributed by atoms with E-state index in [1.54, 1.807) is 19.1 Å². The molecule has 0 aromatic heterocycles. The molecule has 2 rings (SSSR count). The van der Waals surface area contributed by atoms with Gasteiger partial charge in [-0.1, -0.05) is 35.5 Å². The molecule has 0 radical (unpaired) electrons. The highest BCUT2D eigenvalue weighted by Gasteiger charge is 2.61. The highest BCUT2D eigenvalue weighted by atomic mass is 35.5. The zero-order valence-electron chi connectivity index (χ0n) is 12.1. The molecule has 1 heterocycles. The van der Waals surface area contributed by atoms with E-state index in [1.165, 1.54) is 0 Å². The molecule has 1 aliphatic rings. The van der Waals surface area contributed by atoms with E-state index in [4.69, 9.17) is 11.6 Å². The van der Waals surface area contributed by atoms with E-state index in [-0.39, 0.29) is 5.17 Å². The molecule has 8 heteroatoms. The molecule has 1 aromatic rings. The van der Waals surface area contributed by atoms with Gasteiger partial charge in [-0.3, -0.25) is 9.79 Å². The summed E-state index contributed by atoms with van der Waals surface area (Å²) in [5.74, 6) is -1.10. The zero-order chi connectivity index (χ0) is 16.7. The van der Waals surface area contributed by atoms with Gasteiger partial charge in [0.1, 0.15) is 0 Å². The minimum atomic E-state index is -4.65. The number of aryl methyl sites for hydroxylation is 1. The second-order valence-corrected chi connectivity index (χ2v) is 6.98. The summed E-state index contributed by atoms with van der Waals surface area (Å²) >= 11 is 6.51. The van der Waals surface area contributed by atoms with E-state index in [0.29, 0.717) is 16.8 Å². The lowest BCUT2D eigenvalue weighted by molar-refractivity contribution is -0.166. The SMILES string of the molecule is Cc1cccc(Cl)c1[C@H](C)N=C1NC(=O)C(C)(C(F)(F)F)S1. The quantitative estimate of drug-likeness (QED) is 0.866. The number of halogens is 4. The van der Waals surface area contributed by atoms with Crippen LogP contribution >= 0.6 is 23.4 Å². The van der Waals surface area contributed by atoms with Gasteiger partial charge in [-0.2, -0.15) is 13.2 Å². The van der Waals surface area contributed by atoms with Gasteiger partial charge in [0.25, 0.3) is 5.91 Å². The second-order valence-electron chi connectivity index (χ2n) is 5.17. The van der Waals surface area contributed by atoms with Gasteiger partial charge in [0, 0.05) is 5.02 Å². The number of amides is 1. The maximum Gasteiger partial charge on any atom is 0.412 e. The first kappa shape index (κ1) is 17.1. The number of alkyl halides is 3. The molecule has 3 nitrogen and oxygen atoms in total. The first-order valence-electron chi connectivity index (χ1n) is 6.46. The average molecular weight is 351 g/mol. The Morgan fingerprint density at radius 3 is 2.55 bits per heavy atom. The minimum absolute atomic E-state index is 0.0448. The van der Waals surface area contributed by atoms with Gasteiger partial charge in [0.15, 0.2) is 9.91 Å². The van der Waals surface area contributed by atoms with Crippen molar-refractivity contribution < 1.29 is 18.0 Å². The Hall–Kier alpha value is -1.21. The lowest BCUT2D eigenvalue weighted by Gasteiger charge is -2.21. The molecule has 0 saturated carbocycles. The number of aliphatic imine (C=N–C) groups is 1. The number of nitrogens with one attached hydrogen (secondary N) is 1. The highest BCUT2D eigenvalue weighted by molar-refractivity contribution is 8.16. The third-order valence-corrected chi connectivity index (χ3v) is 5.05. The lowest BCUT2D eigenvalue weighted by atomic mass is 10.0. The molecule has 1 aliphatic heterocycles. The van der Waals surface area contributed by atoms with E-state index in [9.17, 15) is 18.0 Å². The molecule has 1 aromatic carbocycles. The molecule has 1 fully saturated rings. The minimum Gasteiger partial charge on any atom is -0.304 e. The largest absolute Gasteiger partial charge is 0.412 e. The van der Waals surface area contributed by atoms with Crippen LogP contribution in [0.2, 0.25) is 5.02 Å². The summed E-state index contributed by atoms with van der Waals surface area (Å²) in [6.45, 7) is 4.41. The second kappa shape index (κ2) is 5.77. The standard InChI is InChI=1S/C14H14ClF3N2OS/c1-7-5-4-6-9(15)10(7)8(2)19-12-20-11(21)13(3,22-12)14(16,17)18/h4-6,8H,1-3H3,(H,19,20,21)/t8-,13?/m0/s1. The van der Waals surface area contributed by atoms with E-state index < -0.39 is 22.9 Å². The molecule has 22 heavy (non-hydrogen) atoms. The molecular weight excluding hydrogens is 337 g/mol. The maximum absolute atomic E-state index is 13.0. The summed E-state index contributed by atoms with van der Waals surface area (Å²) in [6.07, 6.45) is -4.65. The number of hydrogen-bond donors (Lipinski definition) is 1. The molecule has 1 saturated heterocycles. The van der Waals surface area contributed by atoms with Gasteiger partial charge in [-0.05, 0) is 38.0 Å².